The van der Waals surface area contributed by atoms with Crippen molar-refractivity contribution in [2.24, 2.45) is 0 Å². The molecular formula is C17H23N3O3. The first kappa shape index (κ1) is 16.0. The van der Waals surface area contributed by atoms with E-state index >= 15 is 0 Å². The summed E-state index contributed by atoms with van der Waals surface area (Å²) in [6, 6.07) is 8.73. The third-order valence-electron chi connectivity index (χ3n) is 4.73. The van der Waals surface area contributed by atoms with Crippen LogP contribution in [0.2, 0.25) is 0 Å². The number of carbonyl (C=O) groups excluding carboxylic acids is 2. The number of hydrogen-bond donors (Lipinski definition) is 3. The van der Waals surface area contributed by atoms with Crippen LogP contribution < -0.4 is 10.6 Å². The molecule has 2 aliphatic rings. The zero-order valence-corrected chi connectivity index (χ0v) is 13.3. The fourth-order valence-corrected chi connectivity index (χ4v) is 3.47. The average molecular weight is 317 g/mol. The maximum atomic E-state index is 12.5. The van der Waals surface area contributed by atoms with E-state index in [0.717, 1.165) is 24.9 Å². The summed E-state index contributed by atoms with van der Waals surface area (Å²) < 4.78 is 0. The van der Waals surface area contributed by atoms with Crippen molar-refractivity contribution in [1.29, 1.82) is 0 Å². The van der Waals surface area contributed by atoms with Gasteiger partial charge in [0.2, 0.25) is 11.8 Å². The molecule has 3 N–H and O–H groups in total. The Kier molecular flexibility index (Phi) is 4.37. The molecule has 2 heterocycles. The predicted molar refractivity (Wildman–Crippen MR) is 85.4 cm³/mol. The highest BCUT2D eigenvalue weighted by atomic mass is 16.3. The smallest absolute Gasteiger partial charge is 0.245 e. The molecule has 6 nitrogen and oxygen atoms in total. The van der Waals surface area contributed by atoms with Crippen molar-refractivity contribution in [1.82, 2.24) is 15.5 Å². The van der Waals surface area contributed by atoms with Gasteiger partial charge in [-0.3, -0.25) is 9.59 Å². The molecule has 2 fully saturated rings. The van der Waals surface area contributed by atoms with Gasteiger partial charge in [0.1, 0.15) is 11.6 Å². The Bertz CT molecular complexity index is 582. The van der Waals surface area contributed by atoms with Crippen molar-refractivity contribution in [3.05, 3.63) is 35.9 Å². The summed E-state index contributed by atoms with van der Waals surface area (Å²) in [5, 5.41) is 16.0. The molecule has 124 valence electrons. The molecule has 0 saturated carbocycles. The lowest BCUT2D eigenvalue weighted by atomic mass is 9.84. The summed E-state index contributed by atoms with van der Waals surface area (Å²) in [6.45, 7) is 3.25. The molecule has 1 aromatic rings. The lowest BCUT2D eigenvalue weighted by Gasteiger charge is -2.50. The first-order valence-electron chi connectivity index (χ1n) is 8.09. The minimum absolute atomic E-state index is 0.0734. The first-order valence-corrected chi connectivity index (χ1v) is 8.09. The summed E-state index contributed by atoms with van der Waals surface area (Å²) in [5.41, 5.74) is 0.487. The van der Waals surface area contributed by atoms with Crippen LogP contribution >= 0.6 is 0 Å². The van der Waals surface area contributed by atoms with Crippen molar-refractivity contribution < 1.29 is 14.7 Å². The van der Waals surface area contributed by atoms with Crippen LogP contribution in [-0.4, -0.2) is 52.6 Å². The van der Waals surface area contributed by atoms with Crippen LogP contribution in [0.15, 0.2) is 30.3 Å². The summed E-state index contributed by atoms with van der Waals surface area (Å²) in [6.07, 6.45) is 0.869. The molecule has 0 bridgehead atoms. The number of nitrogens with zero attached hydrogens (tertiary/aromatic N) is 1. The van der Waals surface area contributed by atoms with E-state index in [-0.39, 0.29) is 11.8 Å². The van der Waals surface area contributed by atoms with Gasteiger partial charge < -0.3 is 20.6 Å². The number of amides is 2. The van der Waals surface area contributed by atoms with Crippen LogP contribution in [0.5, 0.6) is 0 Å². The molecule has 23 heavy (non-hydrogen) atoms. The van der Waals surface area contributed by atoms with Crippen molar-refractivity contribution in [3.63, 3.8) is 0 Å². The zero-order chi connectivity index (χ0) is 16.4. The van der Waals surface area contributed by atoms with E-state index < -0.39 is 17.7 Å². The molecule has 2 aliphatic heterocycles. The molecule has 2 amide bonds. The highest BCUT2D eigenvalue weighted by molar-refractivity contribution is 5.97. The van der Waals surface area contributed by atoms with Gasteiger partial charge >= 0.3 is 0 Å². The molecule has 0 aliphatic carbocycles. The van der Waals surface area contributed by atoms with Crippen LogP contribution in [-0.2, 0) is 16.1 Å². The van der Waals surface area contributed by atoms with E-state index in [1.807, 2.05) is 30.3 Å². The van der Waals surface area contributed by atoms with E-state index in [9.17, 15) is 14.7 Å². The summed E-state index contributed by atoms with van der Waals surface area (Å²) in [5.74, 6) is -0.388. The van der Waals surface area contributed by atoms with Gasteiger partial charge in [0, 0.05) is 13.1 Å². The molecule has 1 aromatic carbocycles. The fraction of sp³-hybridized carbons (Fsp3) is 0.529. The Morgan fingerprint density at radius 1 is 1.43 bits per heavy atom. The zero-order valence-electron chi connectivity index (χ0n) is 13.3. The third kappa shape index (κ3) is 2.96. The van der Waals surface area contributed by atoms with Gasteiger partial charge in [-0.05, 0) is 31.9 Å². The highest BCUT2D eigenvalue weighted by Gasteiger charge is 2.57. The van der Waals surface area contributed by atoms with Gasteiger partial charge in [0.15, 0.2) is 0 Å². The second-order valence-corrected chi connectivity index (χ2v) is 6.43. The van der Waals surface area contributed by atoms with Crippen LogP contribution in [0.25, 0.3) is 0 Å². The van der Waals surface area contributed by atoms with Crippen molar-refractivity contribution >= 4 is 11.8 Å². The second-order valence-electron chi connectivity index (χ2n) is 6.43. The largest absolute Gasteiger partial charge is 0.391 e. The lowest BCUT2D eigenvalue weighted by molar-refractivity contribution is -0.164. The SMILES string of the molecule is C[C@@H](O)[C@@H](C(=O)NCc1ccccc1)N1CC2(CCCN2)C1=O. The minimum atomic E-state index is -0.909. The van der Waals surface area contributed by atoms with Crippen molar-refractivity contribution in [3.8, 4) is 0 Å². The molecule has 3 atom stereocenters. The molecule has 3 rings (SSSR count). The Morgan fingerprint density at radius 3 is 2.74 bits per heavy atom. The molecular weight excluding hydrogens is 294 g/mol. The van der Waals surface area contributed by atoms with Gasteiger partial charge in [0.05, 0.1) is 6.10 Å². The summed E-state index contributed by atoms with van der Waals surface area (Å²) >= 11 is 0. The third-order valence-corrected chi connectivity index (χ3v) is 4.73. The van der Waals surface area contributed by atoms with Gasteiger partial charge in [-0.15, -0.1) is 0 Å². The molecule has 0 radical (unpaired) electrons. The molecule has 2 saturated heterocycles. The number of aliphatic hydroxyl groups excluding tert-OH is 1. The van der Waals surface area contributed by atoms with Crippen LogP contribution in [0, 0.1) is 0 Å². The molecule has 1 unspecified atom stereocenters. The second kappa shape index (κ2) is 6.29. The van der Waals surface area contributed by atoms with Crippen molar-refractivity contribution in [2.45, 2.75) is 44.0 Å². The maximum Gasteiger partial charge on any atom is 0.245 e. The standard InChI is InChI=1S/C17H23N3O3/c1-12(21)14(15(22)18-10-13-6-3-2-4-7-13)20-11-17(16(20)23)8-5-9-19-17/h2-4,6-7,12,14,19,21H,5,8-11H2,1H3,(H,18,22)/t12-,14+,17?/m1/s1. The predicted octanol–water partition coefficient (Wildman–Crippen LogP) is 0.0166. The number of likely N-dealkylation sites (tertiary alicyclic amines) is 1. The Labute approximate surface area is 135 Å². The number of benzene rings is 1. The van der Waals surface area contributed by atoms with E-state index in [1.54, 1.807) is 6.92 Å². The number of aliphatic hydroxyl groups is 1. The lowest BCUT2D eigenvalue weighted by Crippen LogP contribution is -2.76. The van der Waals surface area contributed by atoms with Gasteiger partial charge in [-0.2, -0.15) is 0 Å². The van der Waals surface area contributed by atoms with E-state index in [2.05, 4.69) is 10.6 Å². The van der Waals surface area contributed by atoms with E-state index in [1.165, 1.54) is 4.90 Å². The number of β-lactam (4-membered cyclic amide) rings is 1. The summed E-state index contributed by atoms with van der Waals surface area (Å²) in [4.78, 5) is 26.4. The van der Waals surface area contributed by atoms with Crippen molar-refractivity contribution in [2.75, 3.05) is 13.1 Å². The van der Waals surface area contributed by atoms with Gasteiger partial charge in [-0.1, -0.05) is 30.3 Å². The highest BCUT2D eigenvalue weighted by Crippen LogP contribution is 2.33. The fourth-order valence-electron chi connectivity index (χ4n) is 3.47. The Balaban J connectivity index is 1.63. The van der Waals surface area contributed by atoms with Gasteiger partial charge in [0.25, 0.3) is 0 Å². The molecule has 1 spiro atoms. The monoisotopic (exact) mass is 317 g/mol. The quantitative estimate of drug-likeness (QED) is 0.669. The topological polar surface area (TPSA) is 81.7 Å². The molecule has 6 heteroatoms. The minimum Gasteiger partial charge on any atom is -0.391 e. The number of carbonyl (C=O) groups is 2. The summed E-state index contributed by atoms with van der Waals surface area (Å²) in [7, 11) is 0. The van der Waals surface area contributed by atoms with Crippen LogP contribution in [0.1, 0.15) is 25.3 Å². The average Bonchev–Trinajstić information content (AvgIpc) is 3.04. The first-order chi connectivity index (χ1) is 11.0. The van der Waals surface area contributed by atoms with Crippen LogP contribution in [0.3, 0.4) is 0 Å². The number of rotatable bonds is 5. The Hall–Kier alpha value is -1.92. The number of hydrogen-bond acceptors (Lipinski definition) is 4. The van der Waals surface area contributed by atoms with Gasteiger partial charge in [-0.25, -0.2) is 0 Å². The molecule has 0 aromatic heterocycles. The van der Waals surface area contributed by atoms with Crippen LogP contribution in [0.4, 0.5) is 0 Å². The van der Waals surface area contributed by atoms with E-state index in [0.29, 0.717) is 13.1 Å². The maximum absolute atomic E-state index is 12.5. The normalized spacial score (nSPS) is 26.0. The van der Waals surface area contributed by atoms with E-state index in [4.69, 9.17) is 0 Å². The Morgan fingerprint density at radius 2 is 2.17 bits per heavy atom. The number of nitrogens with one attached hydrogen (secondary N) is 2.